The maximum Gasteiger partial charge on any atom is 0.416 e. The molecule has 3 aromatic rings. The van der Waals surface area contributed by atoms with E-state index in [1.54, 1.807) is 30.3 Å². The lowest BCUT2D eigenvalue weighted by molar-refractivity contribution is -0.143. The molecule has 0 radical (unpaired) electrons. The van der Waals surface area contributed by atoms with Crippen LogP contribution < -0.4 is 15.4 Å². The van der Waals surface area contributed by atoms with Crippen LogP contribution in [0.3, 0.4) is 0 Å². The monoisotopic (exact) mass is 442 g/mol. The predicted molar refractivity (Wildman–Crippen MR) is 97.6 cm³/mol. The minimum Gasteiger partial charge on any atom is -0.424 e. The van der Waals surface area contributed by atoms with E-state index in [0.29, 0.717) is 17.9 Å². The van der Waals surface area contributed by atoms with E-state index in [9.17, 15) is 31.1 Å². The maximum absolute atomic E-state index is 12.9. The summed E-state index contributed by atoms with van der Waals surface area (Å²) in [4.78, 5) is 19.7. The number of ether oxygens (including phenoxy) is 1. The van der Waals surface area contributed by atoms with Gasteiger partial charge >= 0.3 is 24.4 Å². The van der Waals surface area contributed by atoms with Crippen molar-refractivity contribution in [3.05, 3.63) is 72.1 Å². The molecular weight excluding hydrogens is 430 g/mol. The van der Waals surface area contributed by atoms with Crippen LogP contribution in [-0.4, -0.2) is 16.0 Å². The highest BCUT2D eigenvalue weighted by Gasteiger charge is 2.37. The summed E-state index contributed by atoms with van der Waals surface area (Å²) in [6.07, 6.45) is -7.76. The molecule has 12 heteroatoms. The van der Waals surface area contributed by atoms with Crippen LogP contribution in [0.25, 0.3) is 0 Å². The zero-order valence-corrected chi connectivity index (χ0v) is 15.3. The number of carbonyl (C=O) groups is 1. The van der Waals surface area contributed by atoms with E-state index in [0.717, 1.165) is 12.4 Å². The fourth-order valence-corrected chi connectivity index (χ4v) is 2.35. The molecule has 0 spiro atoms. The molecule has 0 aliphatic heterocycles. The molecule has 1 aromatic heterocycles. The van der Waals surface area contributed by atoms with E-state index < -0.39 is 35.2 Å². The number of alkyl halides is 6. The lowest BCUT2D eigenvalue weighted by Gasteiger charge is -2.15. The number of halogens is 6. The zero-order valence-electron chi connectivity index (χ0n) is 15.3. The maximum atomic E-state index is 12.9. The van der Waals surface area contributed by atoms with Gasteiger partial charge in [-0.05, 0) is 30.3 Å². The topological polar surface area (TPSA) is 76.1 Å². The molecule has 0 unspecified atom stereocenters. The normalized spacial score (nSPS) is 11.7. The number of aromatic nitrogens is 2. The molecule has 2 aromatic carbocycles. The first kappa shape index (κ1) is 21.9. The average molecular weight is 442 g/mol. The van der Waals surface area contributed by atoms with Crippen LogP contribution >= 0.6 is 0 Å². The minimum atomic E-state index is -5.03. The number of amides is 2. The SMILES string of the molecule is O=C(Nc1cnc(Oc2ccccc2)nc1)Nc1cc(C(F)(F)F)cc(C(F)(F)F)c1. The predicted octanol–water partition coefficient (Wildman–Crippen LogP) is 5.95. The standard InChI is InChI=1S/C19H12F6N4O2/c20-18(21,22)11-6-12(19(23,24)25)8-13(7-11)28-16(30)29-14-9-26-17(27-10-14)31-15-4-2-1-3-5-15/h1-10H,(H2,28,29,30). The molecule has 0 saturated heterocycles. The van der Waals surface area contributed by atoms with Gasteiger partial charge in [-0.15, -0.1) is 0 Å². The Morgan fingerprint density at radius 3 is 1.81 bits per heavy atom. The number of hydrogen-bond donors (Lipinski definition) is 2. The first-order chi connectivity index (χ1) is 14.5. The molecule has 2 N–H and O–H groups in total. The summed E-state index contributed by atoms with van der Waals surface area (Å²) in [7, 11) is 0. The van der Waals surface area contributed by atoms with Gasteiger partial charge < -0.3 is 15.4 Å². The largest absolute Gasteiger partial charge is 0.424 e. The fraction of sp³-hybridized carbons (Fsp3) is 0.105. The van der Waals surface area contributed by atoms with Crippen molar-refractivity contribution in [2.24, 2.45) is 0 Å². The smallest absolute Gasteiger partial charge is 0.416 e. The Morgan fingerprint density at radius 1 is 0.774 bits per heavy atom. The second-order valence-electron chi connectivity index (χ2n) is 6.04. The third-order valence-corrected chi connectivity index (χ3v) is 3.68. The highest BCUT2D eigenvalue weighted by Crippen LogP contribution is 2.37. The third kappa shape index (κ3) is 6.07. The number of benzene rings is 2. The van der Waals surface area contributed by atoms with Gasteiger partial charge in [0.25, 0.3) is 0 Å². The molecule has 3 rings (SSSR count). The van der Waals surface area contributed by atoms with Crippen molar-refractivity contribution in [2.45, 2.75) is 12.4 Å². The number of nitrogens with zero attached hydrogens (tertiary/aromatic N) is 2. The summed E-state index contributed by atoms with van der Waals surface area (Å²) in [6.45, 7) is 0. The molecular formula is C19H12F6N4O2. The van der Waals surface area contributed by atoms with Crippen molar-refractivity contribution in [2.75, 3.05) is 10.6 Å². The molecule has 0 aliphatic carbocycles. The van der Waals surface area contributed by atoms with Crippen molar-refractivity contribution in [3.63, 3.8) is 0 Å². The number of nitrogens with one attached hydrogen (secondary N) is 2. The Morgan fingerprint density at radius 2 is 1.29 bits per heavy atom. The van der Waals surface area contributed by atoms with Gasteiger partial charge in [-0.1, -0.05) is 18.2 Å². The van der Waals surface area contributed by atoms with E-state index in [4.69, 9.17) is 4.74 Å². The van der Waals surface area contributed by atoms with E-state index in [-0.39, 0.29) is 17.8 Å². The van der Waals surface area contributed by atoms with E-state index in [2.05, 4.69) is 15.3 Å². The van der Waals surface area contributed by atoms with Crippen molar-refractivity contribution >= 4 is 17.4 Å². The first-order valence-corrected chi connectivity index (χ1v) is 8.43. The van der Waals surface area contributed by atoms with Gasteiger partial charge in [0, 0.05) is 5.69 Å². The molecule has 0 saturated carbocycles. The number of para-hydroxylation sites is 1. The van der Waals surface area contributed by atoms with E-state index >= 15 is 0 Å². The van der Waals surface area contributed by atoms with Gasteiger partial charge in [0.2, 0.25) is 0 Å². The lowest BCUT2D eigenvalue weighted by atomic mass is 10.1. The zero-order chi connectivity index (χ0) is 22.6. The summed E-state index contributed by atoms with van der Waals surface area (Å²) < 4.78 is 82.7. The summed E-state index contributed by atoms with van der Waals surface area (Å²) in [6, 6.07) is 8.17. The van der Waals surface area contributed by atoms with Crippen LogP contribution in [0.4, 0.5) is 42.5 Å². The van der Waals surface area contributed by atoms with Crippen molar-refractivity contribution in [1.82, 2.24) is 9.97 Å². The lowest BCUT2D eigenvalue weighted by Crippen LogP contribution is -2.21. The number of hydrogen-bond acceptors (Lipinski definition) is 4. The first-order valence-electron chi connectivity index (χ1n) is 8.43. The summed E-state index contributed by atoms with van der Waals surface area (Å²) >= 11 is 0. The van der Waals surface area contributed by atoms with Gasteiger partial charge in [0.05, 0.1) is 29.2 Å². The molecule has 0 atom stereocenters. The Labute approximate surface area is 170 Å². The van der Waals surface area contributed by atoms with Gasteiger partial charge in [0.1, 0.15) is 5.75 Å². The summed E-state index contributed by atoms with van der Waals surface area (Å²) in [5.41, 5.74) is -3.77. The van der Waals surface area contributed by atoms with Gasteiger partial charge in [-0.25, -0.2) is 14.8 Å². The quantitative estimate of drug-likeness (QED) is 0.490. The Hall–Kier alpha value is -3.83. The summed E-state index contributed by atoms with van der Waals surface area (Å²) in [5.74, 6) is 0.464. The molecule has 31 heavy (non-hydrogen) atoms. The van der Waals surface area contributed by atoms with Crippen molar-refractivity contribution in [3.8, 4) is 11.8 Å². The second-order valence-corrected chi connectivity index (χ2v) is 6.04. The average Bonchev–Trinajstić information content (AvgIpc) is 2.68. The number of urea groups is 1. The molecule has 6 nitrogen and oxygen atoms in total. The number of rotatable bonds is 4. The van der Waals surface area contributed by atoms with Gasteiger partial charge in [0.15, 0.2) is 0 Å². The highest BCUT2D eigenvalue weighted by molar-refractivity contribution is 5.99. The van der Waals surface area contributed by atoms with E-state index in [1.165, 1.54) is 0 Å². The number of anilines is 2. The van der Waals surface area contributed by atoms with Crippen LogP contribution in [0.1, 0.15) is 11.1 Å². The Balaban J connectivity index is 1.70. The van der Waals surface area contributed by atoms with Crippen molar-refractivity contribution in [1.29, 1.82) is 0 Å². The number of carbonyl (C=O) groups excluding carboxylic acids is 1. The Bertz CT molecular complexity index is 1020. The van der Waals surface area contributed by atoms with E-state index in [1.807, 2.05) is 5.32 Å². The third-order valence-electron chi connectivity index (χ3n) is 3.68. The molecule has 162 valence electrons. The van der Waals surface area contributed by atoms with Crippen LogP contribution in [-0.2, 0) is 12.4 Å². The van der Waals surface area contributed by atoms with Gasteiger partial charge in [-0.3, -0.25) is 0 Å². The fourth-order valence-electron chi connectivity index (χ4n) is 2.35. The van der Waals surface area contributed by atoms with Crippen LogP contribution in [0.2, 0.25) is 0 Å². The highest BCUT2D eigenvalue weighted by atomic mass is 19.4. The van der Waals surface area contributed by atoms with Crippen LogP contribution in [0.15, 0.2) is 60.9 Å². The van der Waals surface area contributed by atoms with Gasteiger partial charge in [-0.2, -0.15) is 26.3 Å². The summed E-state index contributed by atoms with van der Waals surface area (Å²) in [5, 5.41) is 4.14. The molecule has 0 aliphatic rings. The second kappa shape index (κ2) is 8.50. The molecule has 2 amide bonds. The van der Waals surface area contributed by atoms with Crippen LogP contribution in [0, 0.1) is 0 Å². The van der Waals surface area contributed by atoms with Crippen LogP contribution in [0.5, 0.6) is 11.8 Å². The molecule has 0 bridgehead atoms. The van der Waals surface area contributed by atoms with Crippen molar-refractivity contribution < 1.29 is 35.9 Å². The minimum absolute atomic E-state index is 0.0286. The molecule has 1 heterocycles. The Kier molecular flexibility index (Phi) is 5.99. The molecule has 0 fully saturated rings.